The number of alkyl halides is 6. The minimum atomic E-state index is -4.81. The van der Waals surface area contributed by atoms with E-state index in [1.54, 1.807) is 0 Å². The zero-order valence-electron chi connectivity index (χ0n) is 17.6. The van der Waals surface area contributed by atoms with Crippen LogP contribution in [-0.4, -0.2) is 45.9 Å². The van der Waals surface area contributed by atoms with E-state index in [0.29, 0.717) is 23.7 Å². The van der Waals surface area contributed by atoms with Gasteiger partial charge in [-0.15, -0.1) is 0 Å². The second-order valence-electron chi connectivity index (χ2n) is 6.83. The van der Waals surface area contributed by atoms with Gasteiger partial charge in [-0.2, -0.15) is 31.4 Å². The molecule has 0 aliphatic heterocycles. The Kier molecular flexibility index (Phi) is 7.13. The monoisotopic (exact) mass is 493 g/mol. The van der Waals surface area contributed by atoms with E-state index < -0.39 is 48.7 Å². The van der Waals surface area contributed by atoms with Crippen molar-refractivity contribution in [3.63, 3.8) is 0 Å². The molecule has 0 atom stereocenters. The summed E-state index contributed by atoms with van der Waals surface area (Å²) in [4.78, 5) is 19.4. The number of carbonyl (C=O) groups is 1. The molecule has 0 aliphatic rings. The molecule has 17 heteroatoms. The van der Waals surface area contributed by atoms with Crippen molar-refractivity contribution in [1.82, 2.24) is 40.0 Å². The Morgan fingerprint density at radius 2 is 1.82 bits per heavy atom. The van der Waals surface area contributed by atoms with E-state index in [2.05, 4.69) is 35.9 Å². The molecule has 0 fully saturated rings. The molecule has 3 aromatic heterocycles. The van der Waals surface area contributed by atoms with E-state index in [4.69, 9.17) is 4.74 Å². The van der Waals surface area contributed by atoms with Gasteiger partial charge in [-0.05, 0) is 29.0 Å². The number of hydrogen-bond donors (Lipinski definition) is 1. The number of hydrogen-bond acceptors (Lipinski definition) is 8. The highest BCUT2D eigenvalue weighted by atomic mass is 19.4. The Bertz CT molecular complexity index is 1160. The number of amides is 1. The van der Waals surface area contributed by atoms with E-state index in [9.17, 15) is 31.1 Å². The number of nitrogens with one attached hydrogen (secondary N) is 1. The molecule has 1 N–H and O–H groups in total. The Labute approximate surface area is 187 Å². The largest absolute Gasteiger partial charge is 0.451 e. The fraction of sp³-hybridized carbons (Fsp3) is 0.471. The average Bonchev–Trinajstić information content (AvgIpc) is 3.33. The Balaban J connectivity index is 1.80. The van der Waals surface area contributed by atoms with Gasteiger partial charge in [0.1, 0.15) is 12.3 Å². The maximum Gasteiger partial charge on any atom is 0.451 e. The molecule has 0 bridgehead atoms. The molecule has 1 amide bonds. The maximum absolute atomic E-state index is 13.1. The summed E-state index contributed by atoms with van der Waals surface area (Å²) in [6.07, 6.45) is -8.91. The van der Waals surface area contributed by atoms with Crippen molar-refractivity contribution in [2.45, 2.75) is 45.5 Å². The molecular weight excluding hydrogens is 476 g/mol. The maximum atomic E-state index is 13.1. The summed E-state index contributed by atoms with van der Waals surface area (Å²) >= 11 is 0. The van der Waals surface area contributed by atoms with Gasteiger partial charge in [-0.25, -0.2) is 19.3 Å². The number of aromatic nitrogens is 8. The van der Waals surface area contributed by atoms with Gasteiger partial charge in [0.15, 0.2) is 5.82 Å². The Morgan fingerprint density at radius 1 is 1.09 bits per heavy atom. The molecule has 34 heavy (non-hydrogen) atoms. The van der Waals surface area contributed by atoms with Crippen molar-refractivity contribution in [3.05, 3.63) is 40.7 Å². The third-order valence-corrected chi connectivity index (χ3v) is 4.23. The molecule has 0 saturated heterocycles. The summed E-state index contributed by atoms with van der Waals surface area (Å²) in [5, 5.41) is 16.7. The van der Waals surface area contributed by atoms with Gasteiger partial charge in [0, 0.05) is 13.6 Å². The van der Waals surface area contributed by atoms with Crippen molar-refractivity contribution in [2.75, 3.05) is 5.32 Å². The van der Waals surface area contributed by atoms with Crippen LogP contribution in [0.5, 0.6) is 0 Å². The molecule has 11 nitrogen and oxygen atoms in total. The molecule has 0 spiro atoms. The number of tetrazole rings is 1. The highest BCUT2D eigenvalue weighted by molar-refractivity contribution is 6.04. The predicted molar refractivity (Wildman–Crippen MR) is 99.8 cm³/mol. The van der Waals surface area contributed by atoms with Crippen LogP contribution in [0.3, 0.4) is 0 Å². The molecule has 3 rings (SSSR count). The van der Waals surface area contributed by atoms with Crippen LogP contribution in [0.15, 0.2) is 12.1 Å². The molecule has 0 aromatic carbocycles. The predicted octanol–water partition coefficient (Wildman–Crippen LogP) is 2.61. The van der Waals surface area contributed by atoms with Gasteiger partial charge in [-0.3, -0.25) is 10.1 Å². The second-order valence-corrected chi connectivity index (χ2v) is 6.83. The zero-order valence-corrected chi connectivity index (χ0v) is 17.6. The highest BCUT2D eigenvalue weighted by Gasteiger charge is 2.37. The lowest BCUT2D eigenvalue weighted by atomic mass is 10.1. The van der Waals surface area contributed by atoms with E-state index in [0.717, 1.165) is 13.1 Å². The van der Waals surface area contributed by atoms with E-state index in [1.807, 2.05) is 6.92 Å². The SMILES string of the molecule is CCCn1nnnc1NC(=O)c1ccc(C(F)(F)F)nc1COCc1nc(C(F)(F)F)n(C)n1. The molecule has 0 saturated carbocycles. The van der Waals surface area contributed by atoms with E-state index in [-0.39, 0.29) is 17.3 Å². The van der Waals surface area contributed by atoms with Crippen LogP contribution in [0.2, 0.25) is 0 Å². The number of pyridine rings is 1. The zero-order chi connectivity index (χ0) is 25.1. The first-order valence-corrected chi connectivity index (χ1v) is 9.59. The van der Waals surface area contributed by atoms with Crippen molar-refractivity contribution in [3.8, 4) is 0 Å². The molecule has 0 aliphatic carbocycles. The minimum absolute atomic E-state index is 0.0315. The van der Waals surface area contributed by atoms with Crippen LogP contribution in [0.25, 0.3) is 0 Å². The number of anilines is 1. The number of nitrogens with zero attached hydrogens (tertiary/aromatic N) is 8. The number of ether oxygens (including phenoxy) is 1. The first-order valence-electron chi connectivity index (χ1n) is 9.59. The Morgan fingerprint density at radius 3 is 2.44 bits per heavy atom. The summed E-state index contributed by atoms with van der Waals surface area (Å²) < 4.78 is 84.9. The van der Waals surface area contributed by atoms with Gasteiger partial charge in [0.25, 0.3) is 5.91 Å². The summed E-state index contributed by atoms with van der Waals surface area (Å²) in [5.74, 6) is -2.52. The minimum Gasteiger partial charge on any atom is -0.367 e. The van der Waals surface area contributed by atoms with Crippen LogP contribution in [0.4, 0.5) is 32.3 Å². The quantitative estimate of drug-likeness (QED) is 0.475. The van der Waals surface area contributed by atoms with Crippen molar-refractivity contribution in [2.24, 2.45) is 7.05 Å². The number of carbonyl (C=O) groups excluding carboxylic acids is 1. The number of rotatable bonds is 8. The number of halogens is 6. The fourth-order valence-electron chi connectivity index (χ4n) is 2.79. The smallest absolute Gasteiger partial charge is 0.367 e. The molecule has 3 heterocycles. The van der Waals surface area contributed by atoms with E-state index in [1.165, 1.54) is 4.68 Å². The third-order valence-electron chi connectivity index (χ3n) is 4.23. The lowest BCUT2D eigenvalue weighted by molar-refractivity contribution is -0.147. The van der Waals surface area contributed by atoms with Gasteiger partial charge in [0.05, 0.1) is 17.9 Å². The molecule has 184 valence electrons. The lowest BCUT2D eigenvalue weighted by Gasteiger charge is -2.12. The Hall–Kier alpha value is -3.63. The normalized spacial score (nSPS) is 12.2. The fourth-order valence-corrected chi connectivity index (χ4v) is 2.79. The third kappa shape index (κ3) is 5.83. The first kappa shape index (κ1) is 25.0. The van der Waals surface area contributed by atoms with Crippen molar-refractivity contribution >= 4 is 11.9 Å². The van der Waals surface area contributed by atoms with Gasteiger partial charge in [0.2, 0.25) is 11.8 Å². The van der Waals surface area contributed by atoms with Gasteiger partial charge >= 0.3 is 12.4 Å². The highest BCUT2D eigenvalue weighted by Crippen LogP contribution is 2.29. The summed E-state index contributed by atoms with van der Waals surface area (Å²) in [7, 11) is 1.03. The summed E-state index contributed by atoms with van der Waals surface area (Å²) in [6.45, 7) is 1.00. The first-order chi connectivity index (χ1) is 15.9. The van der Waals surface area contributed by atoms with Crippen molar-refractivity contribution < 1.29 is 35.9 Å². The molecule has 3 aromatic rings. The van der Waals surface area contributed by atoms with Crippen molar-refractivity contribution in [1.29, 1.82) is 0 Å². The molecular formula is C17H17F6N9O2. The topological polar surface area (TPSA) is 126 Å². The number of aryl methyl sites for hydroxylation is 2. The second kappa shape index (κ2) is 9.70. The van der Waals surface area contributed by atoms with E-state index >= 15 is 0 Å². The molecule has 0 unspecified atom stereocenters. The van der Waals surface area contributed by atoms with Crippen LogP contribution >= 0.6 is 0 Å². The van der Waals surface area contributed by atoms with Gasteiger partial charge < -0.3 is 4.74 Å². The van der Waals surface area contributed by atoms with Crippen LogP contribution < -0.4 is 5.32 Å². The lowest BCUT2D eigenvalue weighted by Crippen LogP contribution is -2.20. The van der Waals surface area contributed by atoms with Gasteiger partial charge in [-0.1, -0.05) is 12.0 Å². The van der Waals surface area contributed by atoms with Crippen LogP contribution in [0.1, 0.15) is 46.7 Å². The van der Waals surface area contributed by atoms with Crippen LogP contribution in [-0.2, 0) is 43.9 Å². The average molecular weight is 493 g/mol. The van der Waals surface area contributed by atoms with Crippen LogP contribution in [0, 0.1) is 0 Å². The summed E-state index contributed by atoms with van der Waals surface area (Å²) in [6, 6.07) is 1.52. The molecule has 0 radical (unpaired) electrons. The standard InChI is InChI=1S/C17H17F6N9O2/c1-3-6-32-15(27-29-30-32)26-13(33)9-4-5-11(16(18,19)20)24-10(9)7-34-8-12-25-14(17(21,22)23)31(2)28-12/h4-5H,3,6-8H2,1-2H3,(H,26,27,30,33). The summed E-state index contributed by atoms with van der Waals surface area (Å²) in [5.41, 5.74) is -1.97.